The van der Waals surface area contributed by atoms with E-state index in [9.17, 15) is 9.59 Å². The van der Waals surface area contributed by atoms with Crippen molar-refractivity contribution in [2.24, 2.45) is 17.8 Å². The minimum Gasteiger partial charge on any atom is -0.396 e. The molecule has 0 radical (unpaired) electrons. The fourth-order valence-electron chi connectivity index (χ4n) is 1.90. The summed E-state index contributed by atoms with van der Waals surface area (Å²) in [5, 5.41) is 11.0. The molecule has 1 saturated carbocycles. The van der Waals surface area contributed by atoms with E-state index in [0.29, 0.717) is 6.42 Å². The van der Waals surface area contributed by atoms with Crippen molar-refractivity contribution in [3.8, 4) is 0 Å². The third-order valence-electron chi connectivity index (χ3n) is 2.62. The predicted octanol–water partition coefficient (Wildman–Crippen LogP) is -1.11. The number of nitrogens with one attached hydrogen (secondary N) is 1. The molecule has 0 aromatic rings. The van der Waals surface area contributed by atoms with Crippen LogP contribution >= 0.6 is 0 Å². The Morgan fingerprint density at radius 2 is 2.18 bits per heavy atom. The van der Waals surface area contributed by atoms with Crippen LogP contribution in [0.4, 0.5) is 0 Å². The van der Waals surface area contributed by atoms with Crippen LogP contribution in [0.15, 0.2) is 0 Å². The molecule has 0 unspecified atom stereocenters. The molecule has 2 fully saturated rings. The summed E-state index contributed by atoms with van der Waals surface area (Å²) in [6.07, 6.45) is 0.665. The van der Waals surface area contributed by atoms with Crippen molar-refractivity contribution < 1.29 is 14.7 Å². The number of carbonyl (C=O) groups excluding carboxylic acids is 2. The summed E-state index contributed by atoms with van der Waals surface area (Å²) in [5.41, 5.74) is 0. The van der Waals surface area contributed by atoms with Crippen molar-refractivity contribution in [3.63, 3.8) is 0 Å². The first-order valence-electron chi connectivity index (χ1n) is 3.69. The average Bonchev–Trinajstić information content (AvgIpc) is 2.03. The summed E-state index contributed by atoms with van der Waals surface area (Å²) in [6.45, 7) is 0.0157. The molecule has 1 saturated heterocycles. The van der Waals surface area contributed by atoms with Gasteiger partial charge in [0.15, 0.2) is 0 Å². The highest BCUT2D eigenvalue weighted by molar-refractivity contribution is 6.06. The lowest BCUT2D eigenvalue weighted by atomic mass is 9.66. The van der Waals surface area contributed by atoms with E-state index in [1.165, 1.54) is 0 Å². The first-order chi connectivity index (χ1) is 5.24. The van der Waals surface area contributed by atoms with E-state index < -0.39 is 0 Å². The van der Waals surface area contributed by atoms with Gasteiger partial charge in [-0.2, -0.15) is 0 Å². The number of aliphatic hydroxyl groups excluding tert-OH is 1. The largest absolute Gasteiger partial charge is 0.396 e. The van der Waals surface area contributed by atoms with E-state index in [0.717, 1.165) is 0 Å². The monoisotopic (exact) mass is 155 g/mol. The van der Waals surface area contributed by atoms with Crippen LogP contribution in [0.5, 0.6) is 0 Å². The molecule has 2 amide bonds. The van der Waals surface area contributed by atoms with Gasteiger partial charge in [0, 0.05) is 6.61 Å². The Labute approximate surface area is 63.6 Å². The van der Waals surface area contributed by atoms with E-state index in [2.05, 4.69) is 5.32 Å². The first kappa shape index (κ1) is 6.79. The molecule has 60 valence electrons. The van der Waals surface area contributed by atoms with Gasteiger partial charge in [0.25, 0.3) is 0 Å². The van der Waals surface area contributed by atoms with Crippen LogP contribution in [0.1, 0.15) is 6.42 Å². The minimum absolute atomic E-state index is 0.0157. The number of amides is 2. The van der Waals surface area contributed by atoms with Crippen LogP contribution < -0.4 is 5.32 Å². The van der Waals surface area contributed by atoms with Gasteiger partial charge >= 0.3 is 0 Å². The SMILES string of the molecule is O=C1NC(=O)[C@H]2C[C@@H](CO)[C@@H]12. The van der Waals surface area contributed by atoms with Crippen molar-refractivity contribution in [2.75, 3.05) is 6.61 Å². The number of rotatable bonds is 1. The van der Waals surface area contributed by atoms with Crippen molar-refractivity contribution >= 4 is 11.8 Å². The Morgan fingerprint density at radius 3 is 2.73 bits per heavy atom. The summed E-state index contributed by atoms with van der Waals surface area (Å²) in [5.74, 6) is -0.714. The second-order valence-electron chi connectivity index (χ2n) is 3.16. The third kappa shape index (κ3) is 0.728. The highest BCUT2D eigenvalue weighted by Gasteiger charge is 2.54. The van der Waals surface area contributed by atoms with Gasteiger partial charge in [-0.15, -0.1) is 0 Å². The normalized spacial score (nSPS) is 41.4. The summed E-state index contributed by atoms with van der Waals surface area (Å²) in [4.78, 5) is 21.9. The van der Waals surface area contributed by atoms with Gasteiger partial charge < -0.3 is 5.11 Å². The minimum atomic E-state index is -0.229. The zero-order chi connectivity index (χ0) is 8.01. The van der Waals surface area contributed by atoms with Gasteiger partial charge in [-0.3, -0.25) is 14.9 Å². The molecule has 11 heavy (non-hydrogen) atoms. The molecule has 0 bridgehead atoms. The standard InChI is InChI=1S/C7H9NO3/c9-2-3-1-4-5(3)7(11)8-6(4)10/h3-5,9H,1-2H2,(H,8,10,11)/t3-,4-,5+/m0/s1. The molecule has 4 nitrogen and oxygen atoms in total. The smallest absolute Gasteiger partial charge is 0.230 e. The predicted molar refractivity (Wildman–Crippen MR) is 35.3 cm³/mol. The van der Waals surface area contributed by atoms with Gasteiger partial charge in [-0.25, -0.2) is 0 Å². The van der Waals surface area contributed by atoms with E-state index in [1.54, 1.807) is 0 Å². The highest BCUT2D eigenvalue weighted by Crippen LogP contribution is 2.43. The lowest BCUT2D eigenvalue weighted by Gasteiger charge is -2.34. The fraction of sp³-hybridized carbons (Fsp3) is 0.714. The van der Waals surface area contributed by atoms with Crippen LogP contribution in [-0.4, -0.2) is 23.5 Å². The van der Waals surface area contributed by atoms with E-state index in [1.807, 2.05) is 0 Å². The maximum atomic E-state index is 11.0. The van der Waals surface area contributed by atoms with Gasteiger partial charge in [-0.1, -0.05) is 0 Å². The highest BCUT2D eigenvalue weighted by atomic mass is 16.3. The lowest BCUT2D eigenvalue weighted by molar-refractivity contribution is -0.130. The molecule has 0 aromatic carbocycles. The Kier molecular flexibility index (Phi) is 1.26. The van der Waals surface area contributed by atoms with E-state index >= 15 is 0 Å². The molecule has 1 heterocycles. The van der Waals surface area contributed by atoms with Crippen LogP contribution in [0.3, 0.4) is 0 Å². The molecule has 0 aromatic heterocycles. The molecule has 2 N–H and O–H groups in total. The Bertz CT molecular complexity index is 226. The zero-order valence-electron chi connectivity index (χ0n) is 5.91. The maximum absolute atomic E-state index is 11.0. The second-order valence-corrected chi connectivity index (χ2v) is 3.16. The van der Waals surface area contributed by atoms with Gasteiger partial charge in [-0.05, 0) is 12.3 Å². The molecule has 4 heteroatoms. The Balaban J connectivity index is 2.15. The molecule has 2 rings (SSSR count). The zero-order valence-corrected chi connectivity index (χ0v) is 5.91. The van der Waals surface area contributed by atoms with Crippen LogP contribution in [-0.2, 0) is 9.59 Å². The van der Waals surface area contributed by atoms with Gasteiger partial charge in [0.2, 0.25) is 11.8 Å². The van der Waals surface area contributed by atoms with Crippen LogP contribution in [0, 0.1) is 17.8 Å². The molecule has 1 aliphatic heterocycles. The second kappa shape index (κ2) is 2.04. The molecule has 0 spiro atoms. The molecular formula is C7H9NO3. The summed E-state index contributed by atoms with van der Waals surface area (Å²) < 4.78 is 0. The number of hydrogen-bond acceptors (Lipinski definition) is 3. The fourth-order valence-corrected chi connectivity index (χ4v) is 1.90. The maximum Gasteiger partial charge on any atom is 0.230 e. The third-order valence-corrected chi connectivity index (χ3v) is 2.62. The number of carbonyl (C=O) groups is 2. The number of aliphatic hydroxyl groups is 1. The summed E-state index contributed by atoms with van der Waals surface area (Å²) in [6, 6.07) is 0. The summed E-state index contributed by atoms with van der Waals surface area (Å²) >= 11 is 0. The van der Waals surface area contributed by atoms with Crippen molar-refractivity contribution in [1.29, 1.82) is 0 Å². The number of hydrogen-bond donors (Lipinski definition) is 2. The first-order valence-corrected chi connectivity index (χ1v) is 3.69. The van der Waals surface area contributed by atoms with E-state index in [4.69, 9.17) is 5.11 Å². The molecule has 1 aliphatic carbocycles. The van der Waals surface area contributed by atoms with Gasteiger partial charge in [0.05, 0.1) is 11.8 Å². The quantitative estimate of drug-likeness (QED) is 0.472. The number of imide groups is 1. The van der Waals surface area contributed by atoms with Crippen molar-refractivity contribution in [3.05, 3.63) is 0 Å². The number of fused-ring (bicyclic) bond motifs is 1. The van der Waals surface area contributed by atoms with Crippen molar-refractivity contribution in [2.45, 2.75) is 6.42 Å². The van der Waals surface area contributed by atoms with Gasteiger partial charge in [0.1, 0.15) is 0 Å². The molecular weight excluding hydrogens is 146 g/mol. The Morgan fingerprint density at radius 1 is 1.45 bits per heavy atom. The summed E-state index contributed by atoms with van der Waals surface area (Å²) in [7, 11) is 0. The Hall–Kier alpha value is -0.900. The topological polar surface area (TPSA) is 66.4 Å². The van der Waals surface area contributed by atoms with Crippen LogP contribution in [0.2, 0.25) is 0 Å². The van der Waals surface area contributed by atoms with E-state index in [-0.39, 0.29) is 36.2 Å². The van der Waals surface area contributed by atoms with Crippen LogP contribution in [0.25, 0.3) is 0 Å². The average molecular weight is 155 g/mol. The molecule has 2 aliphatic rings. The molecule has 3 atom stereocenters. The lowest BCUT2D eigenvalue weighted by Crippen LogP contribution is -2.40. The van der Waals surface area contributed by atoms with Crippen molar-refractivity contribution in [1.82, 2.24) is 5.32 Å².